The van der Waals surface area contributed by atoms with Crippen molar-refractivity contribution in [3.8, 4) is 6.07 Å². The van der Waals surface area contributed by atoms with Crippen molar-refractivity contribution in [2.24, 2.45) is 0 Å². The lowest BCUT2D eigenvalue weighted by Gasteiger charge is -2.26. The van der Waals surface area contributed by atoms with Crippen LogP contribution in [0.1, 0.15) is 31.2 Å². The molecule has 0 unspecified atom stereocenters. The van der Waals surface area contributed by atoms with Crippen LogP contribution < -0.4 is 5.32 Å². The number of nitrogens with zero attached hydrogens (tertiary/aromatic N) is 2. The third-order valence-corrected chi connectivity index (χ3v) is 3.64. The van der Waals surface area contributed by atoms with Gasteiger partial charge in [-0.05, 0) is 6.92 Å². The summed E-state index contributed by atoms with van der Waals surface area (Å²) in [6.45, 7) is 1.46. The average molecular weight is 329 g/mol. The summed E-state index contributed by atoms with van der Waals surface area (Å²) in [5.41, 5.74) is 0.592. The van der Waals surface area contributed by atoms with Crippen LogP contribution in [0.5, 0.6) is 0 Å². The van der Waals surface area contributed by atoms with Crippen LogP contribution >= 0.6 is 0 Å². The van der Waals surface area contributed by atoms with Crippen molar-refractivity contribution in [3.63, 3.8) is 0 Å². The van der Waals surface area contributed by atoms with Gasteiger partial charge in [0.2, 0.25) is 5.91 Å². The molecule has 0 radical (unpaired) electrons. The molecule has 0 aliphatic carbocycles. The van der Waals surface area contributed by atoms with E-state index in [1.165, 1.54) is 18.2 Å². The van der Waals surface area contributed by atoms with E-state index in [0.29, 0.717) is 5.70 Å². The van der Waals surface area contributed by atoms with Crippen LogP contribution in [0.15, 0.2) is 35.5 Å². The molecule has 1 atom stereocenters. The standard InChI is InChI=1S/C16H15N3O5/c1-10-15(16(21)24-8-4-7-17)12(9-14(20)18-10)11-5-2-3-6-13(11)19(22)23/h2-3,5-6,12H,4,8-9H2,1H3,(H,18,20)/t12-/m0/s1. The minimum Gasteiger partial charge on any atom is -0.461 e. The van der Waals surface area contributed by atoms with Crippen molar-refractivity contribution in [2.45, 2.75) is 25.7 Å². The fourth-order valence-corrected chi connectivity index (χ4v) is 2.65. The second kappa shape index (κ2) is 7.37. The van der Waals surface area contributed by atoms with Crippen molar-refractivity contribution >= 4 is 17.6 Å². The van der Waals surface area contributed by atoms with Gasteiger partial charge in [0.05, 0.1) is 23.0 Å². The molecule has 1 N–H and O–H groups in total. The number of amides is 1. The highest BCUT2D eigenvalue weighted by Gasteiger charge is 2.36. The number of rotatable bonds is 5. The van der Waals surface area contributed by atoms with Gasteiger partial charge in [-0.3, -0.25) is 14.9 Å². The zero-order valence-electron chi connectivity index (χ0n) is 12.9. The molecule has 0 saturated carbocycles. The quantitative estimate of drug-likeness (QED) is 0.381. The van der Waals surface area contributed by atoms with Crippen LogP contribution in [-0.4, -0.2) is 23.4 Å². The Morgan fingerprint density at radius 2 is 2.21 bits per heavy atom. The number of esters is 1. The maximum absolute atomic E-state index is 12.3. The fraction of sp³-hybridized carbons (Fsp3) is 0.312. The predicted octanol–water partition coefficient (Wildman–Crippen LogP) is 1.93. The van der Waals surface area contributed by atoms with E-state index in [1.54, 1.807) is 13.0 Å². The summed E-state index contributed by atoms with van der Waals surface area (Å²) in [6, 6.07) is 7.85. The Hall–Kier alpha value is -3.21. The largest absolute Gasteiger partial charge is 0.461 e. The smallest absolute Gasteiger partial charge is 0.336 e. The maximum atomic E-state index is 12.3. The van der Waals surface area contributed by atoms with Gasteiger partial charge in [-0.1, -0.05) is 18.2 Å². The summed E-state index contributed by atoms with van der Waals surface area (Å²) in [5.74, 6) is -1.79. The van der Waals surface area contributed by atoms with Crippen molar-refractivity contribution in [2.75, 3.05) is 6.61 Å². The normalized spacial score (nSPS) is 17.0. The van der Waals surface area contributed by atoms with E-state index in [9.17, 15) is 19.7 Å². The Balaban J connectivity index is 2.44. The molecule has 1 aromatic carbocycles. The Bertz CT molecular complexity index is 763. The summed E-state index contributed by atoms with van der Waals surface area (Å²) in [6.07, 6.45) is -0.0501. The summed E-state index contributed by atoms with van der Waals surface area (Å²) >= 11 is 0. The second-order valence-corrected chi connectivity index (χ2v) is 5.20. The van der Waals surface area contributed by atoms with Crippen LogP contribution in [0.2, 0.25) is 0 Å². The van der Waals surface area contributed by atoms with Crippen LogP contribution in [0.4, 0.5) is 5.69 Å². The molecule has 1 aromatic rings. The second-order valence-electron chi connectivity index (χ2n) is 5.20. The number of hydrogen-bond donors (Lipinski definition) is 1. The molecule has 0 bridgehead atoms. The minimum absolute atomic E-state index is 0.0422. The molecule has 124 valence electrons. The third-order valence-electron chi connectivity index (χ3n) is 3.64. The first-order chi connectivity index (χ1) is 11.5. The molecule has 8 heteroatoms. The average Bonchev–Trinajstić information content (AvgIpc) is 2.54. The van der Waals surface area contributed by atoms with Gasteiger partial charge in [-0.25, -0.2) is 4.79 Å². The number of ether oxygens (including phenoxy) is 1. The molecular weight excluding hydrogens is 314 g/mol. The zero-order valence-corrected chi connectivity index (χ0v) is 12.9. The molecule has 1 aliphatic rings. The number of hydrogen-bond acceptors (Lipinski definition) is 6. The first-order valence-corrected chi connectivity index (χ1v) is 7.23. The molecule has 0 spiro atoms. The Labute approximate surface area is 137 Å². The van der Waals surface area contributed by atoms with Gasteiger partial charge in [0, 0.05) is 29.7 Å². The Morgan fingerprint density at radius 3 is 2.88 bits per heavy atom. The Kier molecular flexibility index (Phi) is 5.27. The van der Waals surface area contributed by atoms with Crippen LogP contribution in [0.25, 0.3) is 0 Å². The summed E-state index contributed by atoms with van der Waals surface area (Å²) in [7, 11) is 0. The van der Waals surface area contributed by atoms with Gasteiger partial charge >= 0.3 is 5.97 Å². The molecule has 24 heavy (non-hydrogen) atoms. The molecule has 2 rings (SSSR count). The molecule has 8 nitrogen and oxygen atoms in total. The van der Waals surface area contributed by atoms with E-state index >= 15 is 0 Å². The number of carbonyl (C=O) groups is 2. The molecule has 1 amide bonds. The minimum atomic E-state index is -0.769. The first kappa shape index (κ1) is 17.1. The van der Waals surface area contributed by atoms with Crippen molar-refractivity contribution in [1.82, 2.24) is 5.32 Å². The lowest BCUT2D eigenvalue weighted by molar-refractivity contribution is -0.385. The number of nitro benzene ring substituents is 1. The summed E-state index contributed by atoms with van der Waals surface area (Å²) in [5, 5.41) is 22.3. The van der Waals surface area contributed by atoms with E-state index in [-0.39, 0.29) is 42.2 Å². The number of nitrogens with one attached hydrogen (secondary N) is 1. The highest BCUT2D eigenvalue weighted by Crippen LogP contribution is 2.37. The van der Waals surface area contributed by atoms with Crippen molar-refractivity contribution in [1.29, 1.82) is 5.26 Å². The van der Waals surface area contributed by atoms with Crippen LogP contribution in [0.3, 0.4) is 0 Å². The molecule has 0 aromatic heterocycles. The van der Waals surface area contributed by atoms with E-state index in [1.807, 2.05) is 6.07 Å². The molecular formula is C16H15N3O5. The summed E-state index contributed by atoms with van der Waals surface area (Å²) < 4.78 is 5.04. The van der Waals surface area contributed by atoms with E-state index in [0.717, 1.165) is 0 Å². The highest BCUT2D eigenvalue weighted by atomic mass is 16.6. The number of carbonyl (C=O) groups excluding carboxylic acids is 2. The fourth-order valence-electron chi connectivity index (χ4n) is 2.65. The van der Waals surface area contributed by atoms with Gasteiger partial charge in [-0.15, -0.1) is 0 Å². The number of nitriles is 1. The van der Waals surface area contributed by atoms with E-state index in [2.05, 4.69) is 5.32 Å². The number of benzene rings is 1. The predicted molar refractivity (Wildman–Crippen MR) is 82.5 cm³/mol. The molecule has 0 fully saturated rings. The van der Waals surface area contributed by atoms with Gasteiger partial charge in [0.25, 0.3) is 5.69 Å². The van der Waals surface area contributed by atoms with E-state index < -0.39 is 16.8 Å². The van der Waals surface area contributed by atoms with Crippen LogP contribution in [-0.2, 0) is 14.3 Å². The molecule has 1 aliphatic heterocycles. The van der Waals surface area contributed by atoms with Gasteiger partial charge in [0.1, 0.15) is 6.61 Å². The van der Waals surface area contributed by atoms with Gasteiger partial charge in [0.15, 0.2) is 0 Å². The van der Waals surface area contributed by atoms with Crippen molar-refractivity contribution < 1.29 is 19.2 Å². The summed E-state index contributed by atoms with van der Waals surface area (Å²) in [4.78, 5) is 34.9. The van der Waals surface area contributed by atoms with Crippen LogP contribution in [0, 0.1) is 21.4 Å². The molecule has 0 saturated heterocycles. The van der Waals surface area contributed by atoms with E-state index in [4.69, 9.17) is 10.00 Å². The number of nitro groups is 1. The van der Waals surface area contributed by atoms with Gasteiger partial charge < -0.3 is 10.1 Å². The number of allylic oxidation sites excluding steroid dienone is 1. The lowest BCUT2D eigenvalue weighted by atomic mass is 9.83. The third kappa shape index (κ3) is 3.57. The number of para-hydroxylation sites is 1. The zero-order chi connectivity index (χ0) is 17.7. The SMILES string of the molecule is CC1=C(C(=O)OCCC#N)[C@H](c2ccccc2[N+](=O)[O-])CC(=O)N1. The molecule has 1 heterocycles. The topological polar surface area (TPSA) is 122 Å². The first-order valence-electron chi connectivity index (χ1n) is 7.23. The lowest BCUT2D eigenvalue weighted by Crippen LogP contribution is -2.34. The Morgan fingerprint density at radius 1 is 1.50 bits per heavy atom. The van der Waals surface area contributed by atoms with Gasteiger partial charge in [-0.2, -0.15) is 5.26 Å². The van der Waals surface area contributed by atoms with Crippen molar-refractivity contribution in [3.05, 3.63) is 51.2 Å². The monoisotopic (exact) mass is 329 g/mol. The highest BCUT2D eigenvalue weighted by molar-refractivity contribution is 5.96. The maximum Gasteiger partial charge on any atom is 0.336 e.